The van der Waals surface area contributed by atoms with Crippen LogP contribution in [0.5, 0.6) is 0 Å². The Bertz CT molecular complexity index is 509. The van der Waals surface area contributed by atoms with Gasteiger partial charge in [0.05, 0.1) is 17.9 Å². The first-order valence-electron chi connectivity index (χ1n) is 5.22. The van der Waals surface area contributed by atoms with Crippen molar-refractivity contribution in [2.75, 3.05) is 11.9 Å². The maximum absolute atomic E-state index is 11.5. The quantitative estimate of drug-likeness (QED) is 0.683. The number of benzene rings is 1. The Morgan fingerprint density at radius 2 is 2.22 bits per heavy atom. The van der Waals surface area contributed by atoms with Crippen LogP contribution in [0.15, 0.2) is 22.7 Å². The lowest BCUT2D eigenvalue weighted by Crippen LogP contribution is -2.18. The number of amides is 1. The SMILES string of the molecule is CCOC(=O)CC(=O)Nc1cc(Br)ccc1C#N. The average Bonchev–Trinajstić information content (AvgIpc) is 2.29. The van der Waals surface area contributed by atoms with Gasteiger partial charge in [0.2, 0.25) is 5.91 Å². The van der Waals surface area contributed by atoms with Gasteiger partial charge in [-0.2, -0.15) is 5.26 Å². The van der Waals surface area contributed by atoms with E-state index in [0.29, 0.717) is 11.3 Å². The Labute approximate surface area is 113 Å². The first-order valence-corrected chi connectivity index (χ1v) is 6.01. The predicted octanol–water partition coefficient (Wildman–Crippen LogP) is 2.21. The summed E-state index contributed by atoms with van der Waals surface area (Å²) in [5.74, 6) is -1.11. The zero-order valence-corrected chi connectivity index (χ0v) is 11.3. The lowest BCUT2D eigenvalue weighted by Gasteiger charge is -2.07. The molecule has 1 aromatic rings. The third-order valence-corrected chi connectivity index (χ3v) is 2.48. The molecule has 0 atom stereocenters. The molecule has 1 N–H and O–H groups in total. The minimum atomic E-state index is -0.594. The molecule has 0 saturated carbocycles. The molecule has 0 unspecified atom stereocenters. The summed E-state index contributed by atoms with van der Waals surface area (Å²) in [6.45, 7) is 1.89. The molecule has 0 radical (unpaired) electrons. The molecule has 5 nitrogen and oxygen atoms in total. The molecular formula is C12H11BrN2O3. The second kappa shape index (κ2) is 6.77. The smallest absolute Gasteiger partial charge is 0.315 e. The number of esters is 1. The third-order valence-electron chi connectivity index (χ3n) is 1.99. The molecule has 94 valence electrons. The zero-order chi connectivity index (χ0) is 13.5. The summed E-state index contributed by atoms with van der Waals surface area (Å²) in [4.78, 5) is 22.6. The van der Waals surface area contributed by atoms with Crippen LogP contribution in [0, 0.1) is 11.3 Å². The van der Waals surface area contributed by atoms with Crippen molar-refractivity contribution in [1.82, 2.24) is 0 Å². The fourth-order valence-electron chi connectivity index (χ4n) is 1.25. The number of hydrogen-bond donors (Lipinski definition) is 1. The van der Waals surface area contributed by atoms with Crippen molar-refractivity contribution in [2.24, 2.45) is 0 Å². The highest BCUT2D eigenvalue weighted by atomic mass is 79.9. The van der Waals surface area contributed by atoms with E-state index in [1.165, 1.54) is 0 Å². The molecule has 0 spiro atoms. The molecule has 18 heavy (non-hydrogen) atoms. The largest absolute Gasteiger partial charge is 0.466 e. The number of nitrogens with one attached hydrogen (secondary N) is 1. The van der Waals surface area contributed by atoms with Crippen molar-refractivity contribution in [3.63, 3.8) is 0 Å². The number of ether oxygens (including phenoxy) is 1. The van der Waals surface area contributed by atoms with Crippen molar-refractivity contribution in [2.45, 2.75) is 13.3 Å². The van der Waals surface area contributed by atoms with E-state index in [1.807, 2.05) is 6.07 Å². The number of carbonyl (C=O) groups excluding carboxylic acids is 2. The fourth-order valence-corrected chi connectivity index (χ4v) is 1.62. The summed E-state index contributed by atoms with van der Waals surface area (Å²) in [6.07, 6.45) is -0.370. The molecule has 0 fully saturated rings. The highest BCUT2D eigenvalue weighted by Gasteiger charge is 2.12. The lowest BCUT2D eigenvalue weighted by molar-refractivity contribution is -0.145. The molecule has 1 amide bonds. The van der Waals surface area contributed by atoms with Gasteiger partial charge < -0.3 is 10.1 Å². The molecule has 0 aliphatic carbocycles. The summed E-state index contributed by atoms with van der Waals surface area (Å²) >= 11 is 3.24. The summed E-state index contributed by atoms with van der Waals surface area (Å²) in [7, 11) is 0. The molecule has 6 heteroatoms. The molecule has 0 aliphatic rings. The van der Waals surface area contributed by atoms with Crippen molar-refractivity contribution in [1.29, 1.82) is 5.26 Å². The number of nitriles is 1. The molecule has 1 aromatic carbocycles. The van der Waals surface area contributed by atoms with Crippen molar-refractivity contribution < 1.29 is 14.3 Å². The highest BCUT2D eigenvalue weighted by molar-refractivity contribution is 9.10. The van der Waals surface area contributed by atoms with Gasteiger partial charge in [-0.1, -0.05) is 15.9 Å². The number of anilines is 1. The van der Waals surface area contributed by atoms with Gasteiger partial charge in [0.1, 0.15) is 12.5 Å². The average molecular weight is 311 g/mol. The molecule has 1 rings (SSSR count). The van der Waals surface area contributed by atoms with Gasteiger partial charge in [0.25, 0.3) is 0 Å². The van der Waals surface area contributed by atoms with E-state index >= 15 is 0 Å². The molecule has 0 heterocycles. The Morgan fingerprint density at radius 3 is 2.83 bits per heavy atom. The Morgan fingerprint density at radius 1 is 1.50 bits per heavy atom. The van der Waals surface area contributed by atoms with Crippen molar-refractivity contribution in [3.05, 3.63) is 28.2 Å². The highest BCUT2D eigenvalue weighted by Crippen LogP contribution is 2.20. The Kier molecular flexibility index (Phi) is 5.33. The Hall–Kier alpha value is -1.87. The lowest BCUT2D eigenvalue weighted by atomic mass is 10.2. The summed E-state index contributed by atoms with van der Waals surface area (Å²) in [5, 5.41) is 11.4. The van der Waals surface area contributed by atoms with Gasteiger partial charge in [-0.25, -0.2) is 0 Å². The van der Waals surface area contributed by atoms with Gasteiger partial charge in [-0.3, -0.25) is 9.59 Å². The normalized spacial score (nSPS) is 9.39. The molecule has 0 bridgehead atoms. The van der Waals surface area contributed by atoms with Gasteiger partial charge in [0, 0.05) is 4.47 Å². The number of rotatable bonds is 4. The molecular weight excluding hydrogens is 300 g/mol. The monoisotopic (exact) mass is 310 g/mol. The summed E-state index contributed by atoms with van der Waals surface area (Å²) in [5.41, 5.74) is 0.691. The van der Waals surface area contributed by atoms with Crippen LogP contribution in [0.1, 0.15) is 18.9 Å². The minimum Gasteiger partial charge on any atom is -0.466 e. The first-order chi connectivity index (χ1) is 8.56. The standard InChI is InChI=1S/C12H11BrN2O3/c1-2-18-12(17)6-11(16)15-10-5-9(13)4-3-8(10)7-14/h3-5H,2,6H2,1H3,(H,15,16). The van der Waals surface area contributed by atoms with E-state index in [9.17, 15) is 9.59 Å². The number of carbonyl (C=O) groups is 2. The number of nitrogens with zero attached hydrogens (tertiary/aromatic N) is 1. The van der Waals surface area contributed by atoms with E-state index in [4.69, 9.17) is 5.26 Å². The van der Waals surface area contributed by atoms with E-state index < -0.39 is 11.9 Å². The van der Waals surface area contributed by atoms with Gasteiger partial charge in [-0.05, 0) is 25.1 Å². The topological polar surface area (TPSA) is 79.2 Å². The van der Waals surface area contributed by atoms with Crippen LogP contribution in [-0.2, 0) is 14.3 Å². The molecule has 0 aromatic heterocycles. The number of hydrogen-bond acceptors (Lipinski definition) is 4. The maximum Gasteiger partial charge on any atom is 0.315 e. The van der Waals surface area contributed by atoms with Crippen LogP contribution in [0.4, 0.5) is 5.69 Å². The zero-order valence-electron chi connectivity index (χ0n) is 9.70. The van der Waals surface area contributed by atoms with Gasteiger partial charge in [0.15, 0.2) is 0 Å². The van der Waals surface area contributed by atoms with E-state index in [1.54, 1.807) is 25.1 Å². The summed E-state index contributed by atoms with van der Waals surface area (Å²) < 4.78 is 5.39. The Balaban J connectivity index is 2.73. The van der Waals surface area contributed by atoms with Crippen molar-refractivity contribution >= 4 is 33.5 Å². The summed E-state index contributed by atoms with van der Waals surface area (Å²) in [6, 6.07) is 6.82. The van der Waals surface area contributed by atoms with Gasteiger partial charge in [-0.15, -0.1) is 0 Å². The minimum absolute atomic E-state index is 0.229. The number of halogens is 1. The second-order valence-corrected chi connectivity index (χ2v) is 4.25. The first kappa shape index (κ1) is 14.2. The maximum atomic E-state index is 11.5. The third kappa shape index (κ3) is 4.18. The molecule has 0 aliphatic heterocycles. The van der Waals surface area contributed by atoms with Crippen LogP contribution in [-0.4, -0.2) is 18.5 Å². The van der Waals surface area contributed by atoms with E-state index in [0.717, 1.165) is 4.47 Å². The van der Waals surface area contributed by atoms with E-state index in [2.05, 4.69) is 26.0 Å². The van der Waals surface area contributed by atoms with Crippen LogP contribution >= 0.6 is 15.9 Å². The van der Waals surface area contributed by atoms with E-state index in [-0.39, 0.29) is 13.0 Å². The van der Waals surface area contributed by atoms with Crippen LogP contribution in [0.2, 0.25) is 0 Å². The predicted molar refractivity (Wildman–Crippen MR) is 68.7 cm³/mol. The second-order valence-electron chi connectivity index (χ2n) is 3.33. The van der Waals surface area contributed by atoms with Gasteiger partial charge >= 0.3 is 5.97 Å². The van der Waals surface area contributed by atoms with Crippen LogP contribution in [0.3, 0.4) is 0 Å². The van der Waals surface area contributed by atoms with Crippen molar-refractivity contribution in [3.8, 4) is 6.07 Å². The fraction of sp³-hybridized carbons (Fsp3) is 0.250. The molecule has 0 saturated heterocycles. The van der Waals surface area contributed by atoms with Crippen LogP contribution in [0.25, 0.3) is 0 Å². The van der Waals surface area contributed by atoms with Crippen LogP contribution < -0.4 is 5.32 Å².